The van der Waals surface area contributed by atoms with Gasteiger partial charge in [0.2, 0.25) is 0 Å². The number of nitro groups is 4. The number of pyridine rings is 2. The molecule has 2 aromatic carbocycles. The molecule has 0 saturated heterocycles. The van der Waals surface area contributed by atoms with Gasteiger partial charge < -0.3 is 30.8 Å². The monoisotopic (exact) mass is 677 g/mol. The van der Waals surface area contributed by atoms with Crippen LogP contribution < -0.4 is 10.2 Å². The van der Waals surface area contributed by atoms with Crippen LogP contribution >= 0.6 is 0 Å². The Hall–Kier alpha value is -6.29. The molecule has 239 valence electrons. The molecule has 0 bridgehead atoms. The summed E-state index contributed by atoms with van der Waals surface area (Å²) in [4.78, 5) is 66.0. The minimum absolute atomic E-state index is 0. The Morgan fingerprint density at radius 1 is 0.467 bits per heavy atom. The van der Waals surface area contributed by atoms with Gasteiger partial charge in [-0.05, 0) is 24.3 Å². The fraction of sp³-hybridized carbons (Fsp3) is 0. The van der Waals surface area contributed by atoms with Crippen LogP contribution in [-0.4, -0.2) is 41.6 Å². The van der Waals surface area contributed by atoms with Gasteiger partial charge in [0.05, 0.1) is 43.8 Å². The zero-order valence-corrected chi connectivity index (χ0v) is 23.3. The molecule has 0 aliphatic heterocycles. The summed E-state index contributed by atoms with van der Waals surface area (Å²) in [5, 5.41) is 62.1. The predicted octanol–water partition coefficient (Wildman–Crippen LogP) is 0.0499. The Kier molecular flexibility index (Phi) is 21.4. The summed E-state index contributed by atoms with van der Waals surface area (Å²) in [5.41, 5.74) is -3.86. The third-order valence-electron chi connectivity index (χ3n) is 4.25. The maximum atomic E-state index is 10.4. The summed E-state index contributed by atoms with van der Waals surface area (Å²) in [6, 6.07) is 15.6. The molecule has 2 aromatic heterocycles. The maximum absolute atomic E-state index is 10.4. The fourth-order valence-corrected chi connectivity index (χ4v) is 2.47. The summed E-state index contributed by atoms with van der Waals surface area (Å²) < 4.78 is 0. The molecule has 6 N–H and O–H groups in total. The van der Waals surface area contributed by atoms with Gasteiger partial charge in [-0.15, -0.1) is 0 Å². The van der Waals surface area contributed by atoms with Gasteiger partial charge in [0.1, 0.15) is 0 Å². The van der Waals surface area contributed by atoms with E-state index >= 15 is 0 Å². The van der Waals surface area contributed by atoms with Gasteiger partial charge in [0, 0.05) is 60.2 Å². The molecule has 0 aliphatic rings. The second-order valence-electron chi connectivity index (χ2n) is 7.13. The number of carbonyl (C=O) groups is 2. The van der Waals surface area contributed by atoms with Crippen LogP contribution in [0.5, 0.6) is 0 Å². The first-order valence-corrected chi connectivity index (χ1v) is 10.8. The van der Waals surface area contributed by atoms with Gasteiger partial charge in [-0.1, -0.05) is 12.1 Å². The van der Waals surface area contributed by atoms with Crippen LogP contribution in [0.2, 0.25) is 0 Å². The van der Waals surface area contributed by atoms with Crippen molar-refractivity contribution in [3.8, 4) is 0 Å². The summed E-state index contributed by atoms with van der Waals surface area (Å²) in [7, 11) is 0. The molecule has 0 spiro atoms. The fourth-order valence-electron chi connectivity index (χ4n) is 2.47. The molecule has 20 nitrogen and oxygen atoms in total. The third-order valence-corrected chi connectivity index (χ3v) is 4.25. The Morgan fingerprint density at radius 3 is 0.800 bits per heavy atom. The van der Waals surface area contributed by atoms with E-state index in [1.807, 2.05) is 36.4 Å². The van der Waals surface area contributed by atoms with E-state index in [1.54, 1.807) is 24.8 Å². The molecule has 2 heterocycles. The van der Waals surface area contributed by atoms with Crippen molar-refractivity contribution in [3.05, 3.63) is 149 Å². The van der Waals surface area contributed by atoms with Crippen molar-refractivity contribution >= 4 is 34.7 Å². The third kappa shape index (κ3) is 16.7. The number of hydrogen-bond acceptors (Lipinski definition) is 14. The Bertz CT molecular complexity index is 1230. The number of aromatic carboxylic acids is 2. The average Bonchev–Trinajstić information content (AvgIpc) is 2.99. The molecule has 0 saturated carbocycles. The van der Waals surface area contributed by atoms with Crippen molar-refractivity contribution in [3.63, 3.8) is 0 Å². The number of aromatic nitrogens is 2. The average molecular weight is 677 g/mol. The number of nitrogens with zero attached hydrogens (tertiary/aromatic N) is 6. The van der Waals surface area contributed by atoms with Crippen molar-refractivity contribution in [2.75, 3.05) is 0 Å². The van der Waals surface area contributed by atoms with E-state index in [2.05, 4.69) is 9.97 Å². The first kappa shape index (κ1) is 43.2. The number of rotatable bonds is 6. The first-order chi connectivity index (χ1) is 19.8. The molecule has 0 unspecified atom stereocenters. The first-order valence-electron chi connectivity index (χ1n) is 10.8. The normalized spacial score (nSPS) is 8.53. The van der Waals surface area contributed by atoms with Crippen molar-refractivity contribution in [2.45, 2.75) is 0 Å². The van der Waals surface area contributed by atoms with Crippen LogP contribution in [0.4, 0.5) is 22.7 Å². The van der Waals surface area contributed by atoms with Crippen LogP contribution in [0.1, 0.15) is 20.7 Å². The van der Waals surface area contributed by atoms with E-state index in [9.17, 15) is 60.3 Å². The maximum Gasteiger partial charge on any atom is 2.00 e. The molecule has 45 heavy (non-hydrogen) atoms. The molecule has 0 atom stereocenters. The number of carboxylic acids is 2. The van der Waals surface area contributed by atoms with E-state index < -0.39 is 65.5 Å². The molecule has 0 fully saturated rings. The number of hydrogen-bond donors (Lipinski definition) is 0. The van der Waals surface area contributed by atoms with Crippen molar-refractivity contribution < 1.29 is 67.2 Å². The number of carbonyl (C=O) groups excluding carboxylic acids is 2. The van der Waals surface area contributed by atoms with Crippen molar-refractivity contribution in [2.24, 2.45) is 0 Å². The van der Waals surface area contributed by atoms with Crippen molar-refractivity contribution in [1.29, 1.82) is 0 Å². The Balaban J connectivity index is -0.000000549. The second-order valence-corrected chi connectivity index (χ2v) is 7.13. The van der Waals surface area contributed by atoms with Gasteiger partial charge in [-0.25, -0.2) is 0 Å². The number of nitro benzene ring substituents is 4. The molecule has 0 aliphatic carbocycles. The minimum Gasteiger partial charge on any atom is -0.545 e. The molecule has 4 aromatic rings. The summed E-state index contributed by atoms with van der Waals surface area (Å²) >= 11 is 0. The summed E-state index contributed by atoms with van der Waals surface area (Å²) in [6.45, 7) is 0. The molecule has 21 heteroatoms. The van der Waals surface area contributed by atoms with Crippen LogP contribution in [-0.2, 0) is 27.7 Å². The van der Waals surface area contributed by atoms with E-state index in [1.165, 1.54) is 0 Å². The molecule has 4 rings (SSSR count). The van der Waals surface area contributed by atoms with Gasteiger partial charge >= 0.3 is 16.8 Å². The summed E-state index contributed by atoms with van der Waals surface area (Å²) in [6.07, 6.45) is 7.00. The number of non-ortho nitro benzene ring substituents is 4. The smallest absolute Gasteiger partial charge is 0.545 e. The van der Waals surface area contributed by atoms with Gasteiger partial charge in [0.15, 0.2) is 0 Å². The van der Waals surface area contributed by atoms with Crippen LogP contribution in [0.15, 0.2) is 97.6 Å². The van der Waals surface area contributed by atoms with Crippen LogP contribution in [0.25, 0.3) is 0 Å². The summed E-state index contributed by atoms with van der Waals surface area (Å²) in [5.74, 6) is -3.41. The van der Waals surface area contributed by atoms with E-state index in [4.69, 9.17) is 0 Å². The SMILES string of the molecule is O=C([O-])c1cc([N+](=O)[O-])cc([N+](=O)[O-])c1.O=C([O-])c1cc([N+](=O)[O-])cc([N+](=O)[O-])c1.[Co+2].[OH3+].[OH3+].c1ccncc1.c1ccncc1. The molecule has 0 amide bonds. The Labute approximate surface area is 261 Å². The van der Waals surface area contributed by atoms with Crippen LogP contribution in [0, 0.1) is 40.5 Å². The van der Waals surface area contributed by atoms with E-state index in [0.717, 1.165) is 0 Å². The number of carboxylic acid groups (broad SMARTS) is 2. The minimum atomic E-state index is -1.71. The standard InChI is InChI=1S/2C7H4N2O6.2C5H5N.Co.2H2O/c2*10-7(11)4-1-5(8(12)13)3-6(2-4)9(14)15;2*1-2-4-6-5-3-1;;;/h2*1-3H,(H,10,11);2*1-5H;;2*1H2/q;;;;+2;;. The topological polar surface area (TPSA) is 345 Å². The zero-order valence-electron chi connectivity index (χ0n) is 22.3. The van der Waals surface area contributed by atoms with E-state index in [-0.39, 0.29) is 27.7 Å². The quantitative estimate of drug-likeness (QED) is 0.148. The van der Waals surface area contributed by atoms with Gasteiger partial charge in [0.25, 0.3) is 22.7 Å². The van der Waals surface area contributed by atoms with Gasteiger partial charge in [-0.3, -0.25) is 50.4 Å². The van der Waals surface area contributed by atoms with Crippen LogP contribution in [0.3, 0.4) is 0 Å². The van der Waals surface area contributed by atoms with Crippen molar-refractivity contribution in [1.82, 2.24) is 9.97 Å². The number of benzene rings is 2. The van der Waals surface area contributed by atoms with Gasteiger partial charge in [-0.2, -0.15) is 0 Å². The zero-order chi connectivity index (χ0) is 31.7. The predicted molar refractivity (Wildman–Crippen MR) is 146 cm³/mol. The largest absolute Gasteiger partial charge is 2.00 e. The molecular formula is C24H22CoN6O14+2. The molecular weight excluding hydrogens is 655 g/mol. The second kappa shape index (κ2) is 22.3. The molecule has 1 radical (unpaired) electrons. The van der Waals surface area contributed by atoms with E-state index in [0.29, 0.717) is 36.4 Å². The Morgan fingerprint density at radius 2 is 0.689 bits per heavy atom.